The third-order valence-electron chi connectivity index (χ3n) is 2.15. The number of hydrogen-bond acceptors (Lipinski definition) is 5. The van der Waals surface area contributed by atoms with Gasteiger partial charge in [-0.25, -0.2) is 13.1 Å². The van der Waals surface area contributed by atoms with Crippen LogP contribution in [0.5, 0.6) is 0 Å². The Morgan fingerprint density at radius 2 is 1.89 bits per heavy atom. The summed E-state index contributed by atoms with van der Waals surface area (Å²) in [7, 11) is -3.82. The molecule has 0 saturated carbocycles. The van der Waals surface area contributed by atoms with E-state index in [4.69, 9.17) is 5.11 Å². The molecule has 3 N–H and O–H groups in total. The van der Waals surface area contributed by atoms with E-state index < -0.39 is 15.9 Å². The maximum absolute atomic E-state index is 11.8. The average Bonchev–Trinajstić information content (AvgIpc) is 2.29. The Bertz CT molecular complexity index is 496. The first-order valence-corrected chi connectivity index (χ1v) is 6.88. The van der Waals surface area contributed by atoms with Crippen LogP contribution in [0.2, 0.25) is 0 Å². The molecule has 0 aliphatic carbocycles. The maximum Gasteiger partial charge on any atom is 0.264 e. The lowest BCUT2D eigenvalue weighted by Crippen LogP contribution is -2.38. The second-order valence-electron chi connectivity index (χ2n) is 3.74. The van der Waals surface area contributed by atoms with Gasteiger partial charge in [0.1, 0.15) is 0 Å². The smallest absolute Gasteiger partial charge is 0.264 e. The summed E-state index contributed by atoms with van der Waals surface area (Å²) in [4.78, 5) is 11.4. The van der Waals surface area contributed by atoms with Crippen LogP contribution in [0.25, 0.3) is 0 Å². The van der Waals surface area contributed by atoms with Crippen molar-refractivity contribution in [1.29, 1.82) is 0 Å². The van der Waals surface area contributed by atoms with E-state index in [9.17, 15) is 13.2 Å². The Hall–Kier alpha value is -1.44. The van der Waals surface area contributed by atoms with E-state index in [1.807, 2.05) is 11.6 Å². The minimum atomic E-state index is -3.82. The van der Waals surface area contributed by atoms with Crippen LogP contribution in [0.3, 0.4) is 0 Å². The van der Waals surface area contributed by atoms with Gasteiger partial charge in [0.25, 0.3) is 10.0 Å². The summed E-state index contributed by atoms with van der Waals surface area (Å²) in [5, 5.41) is 11.1. The Morgan fingerprint density at radius 1 is 1.28 bits per heavy atom. The lowest BCUT2D eigenvalue weighted by atomic mass is 10.2. The van der Waals surface area contributed by atoms with Gasteiger partial charge in [-0.3, -0.25) is 4.79 Å². The highest BCUT2D eigenvalue weighted by molar-refractivity contribution is 7.90. The number of carbonyl (C=O) groups is 1. The highest BCUT2D eigenvalue weighted by Gasteiger charge is 2.16. The standard InChI is InChI=1S/C11H16N2O4S/c1-9-2-4-10(5-3-9)18(16,17)13-11(15)8-12-6-7-14/h2-5,12,14H,6-8H2,1H3,(H,13,15). The number of nitrogens with one attached hydrogen (secondary N) is 2. The fraction of sp³-hybridized carbons (Fsp3) is 0.364. The second-order valence-corrected chi connectivity index (χ2v) is 5.42. The third-order valence-corrected chi connectivity index (χ3v) is 3.54. The largest absolute Gasteiger partial charge is 0.395 e. The summed E-state index contributed by atoms with van der Waals surface area (Å²) >= 11 is 0. The number of aliphatic hydroxyl groups is 1. The molecule has 0 spiro atoms. The van der Waals surface area contributed by atoms with E-state index in [0.29, 0.717) is 0 Å². The van der Waals surface area contributed by atoms with Crippen LogP contribution in [0.15, 0.2) is 29.2 Å². The Morgan fingerprint density at radius 3 is 2.44 bits per heavy atom. The molecule has 1 amide bonds. The SMILES string of the molecule is Cc1ccc(S(=O)(=O)NC(=O)CNCCO)cc1. The van der Waals surface area contributed by atoms with Gasteiger partial charge in [0, 0.05) is 6.54 Å². The van der Waals surface area contributed by atoms with E-state index >= 15 is 0 Å². The number of aliphatic hydroxyl groups excluding tert-OH is 1. The molecule has 0 bridgehead atoms. The molecule has 1 aromatic rings. The van der Waals surface area contributed by atoms with Gasteiger partial charge < -0.3 is 10.4 Å². The van der Waals surface area contributed by atoms with Gasteiger partial charge in [-0.2, -0.15) is 0 Å². The zero-order valence-electron chi connectivity index (χ0n) is 10.0. The van der Waals surface area contributed by atoms with E-state index in [-0.39, 0.29) is 24.6 Å². The molecule has 0 unspecified atom stereocenters. The van der Waals surface area contributed by atoms with E-state index in [1.165, 1.54) is 12.1 Å². The van der Waals surface area contributed by atoms with Crippen molar-refractivity contribution in [2.24, 2.45) is 0 Å². The van der Waals surface area contributed by atoms with Crippen LogP contribution in [-0.4, -0.2) is 39.1 Å². The van der Waals surface area contributed by atoms with Crippen molar-refractivity contribution >= 4 is 15.9 Å². The van der Waals surface area contributed by atoms with Crippen molar-refractivity contribution in [2.75, 3.05) is 19.7 Å². The molecular formula is C11H16N2O4S. The summed E-state index contributed by atoms with van der Waals surface area (Å²) in [6.45, 7) is 1.80. The molecular weight excluding hydrogens is 256 g/mol. The number of sulfonamides is 1. The number of aryl methyl sites for hydroxylation is 1. The summed E-state index contributed by atoms with van der Waals surface area (Å²) in [5.74, 6) is -0.663. The molecule has 0 atom stereocenters. The van der Waals surface area contributed by atoms with E-state index in [2.05, 4.69) is 5.32 Å². The molecule has 0 radical (unpaired) electrons. The van der Waals surface area contributed by atoms with E-state index in [0.717, 1.165) is 5.56 Å². The lowest BCUT2D eigenvalue weighted by molar-refractivity contribution is -0.118. The molecule has 0 aliphatic rings. The van der Waals surface area contributed by atoms with Crippen molar-refractivity contribution in [2.45, 2.75) is 11.8 Å². The highest BCUT2D eigenvalue weighted by atomic mass is 32.2. The summed E-state index contributed by atoms with van der Waals surface area (Å²) in [6, 6.07) is 6.18. The Kier molecular flexibility index (Phi) is 5.26. The van der Waals surface area contributed by atoms with Crippen molar-refractivity contribution < 1.29 is 18.3 Å². The molecule has 7 heteroatoms. The minimum absolute atomic E-state index is 0.0450. The van der Waals surface area contributed by atoms with Gasteiger partial charge >= 0.3 is 0 Å². The number of rotatable bonds is 6. The maximum atomic E-state index is 11.8. The fourth-order valence-corrected chi connectivity index (χ4v) is 2.23. The normalized spacial score (nSPS) is 11.2. The molecule has 6 nitrogen and oxygen atoms in total. The van der Waals surface area contributed by atoms with Crippen LogP contribution in [-0.2, 0) is 14.8 Å². The number of benzene rings is 1. The van der Waals surface area contributed by atoms with E-state index in [1.54, 1.807) is 12.1 Å². The molecule has 100 valence electrons. The summed E-state index contributed by atoms with van der Waals surface area (Å²) < 4.78 is 25.5. The topological polar surface area (TPSA) is 95.5 Å². The zero-order valence-corrected chi connectivity index (χ0v) is 10.8. The van der Waals surface area contributed by atoms with Crippen LogP contribution in [0.4, 0.5) is 0 Å². The molecule has 1 rings (SSSR count). The van der Waals surface area contributed by atoms with Crippen LogP contribution >= 0.6 is 0 Å². The van der Waals surface area contributed by atoms with Crippen molar-refractivity contribution in [3.05, 3.63) is 29.8 Å². The molecule has 0 heterocycles. The molecule has 0 fully saturated rings. The molecule has 18 heavy (non-hydrogen) atoms. The summed E-state index contributed by atoms with van der Waals surface area (Å²) in [5.41, 5.74) is 0.935. The molecule has 0 aliphatic heterocycles. The summed E-state index contributed by atoms with van der Waals surface area (Å²) in [6.07, 6.45) is 0. The first-order chi connectivity index (χ1) is 8.45. The monoisotopic (exact) mass is 272 g/mol. The van der Waals surface area contributed by atoms with Gasteiger partial charge in [-0.1, -0.05) is 17.7 Å². The Balaban J connectivity index is 2.64. The molecule has 0 saturated heterocycles. The molecule has 0 aromatic heterocycles. The predicted octanol–water partition coefficient (Wildman–Crippen LogP) is -0.618. The van der Waals surface area contributed by atoms with Crippen LogP contribution in [0.1, 0.15) is 5.56 Å². The minimum Gasteiger partial charge on any atom is -0.395 e. The fourth-order valence-electron chi connectivity index (χ4n) is 1.24. The van der Waals surface area contributed by atoms with Gasteiger partial charge in [-0.05, 0) is 19.1 Å². The van der Waals surface area contributed by atoms with Crippen molar-refractivity contribution in [3.63, 3.8) is 0 Å². The molecule has 1 aromatic carbocycles. The average molecular weight is 272 g/mol. The Labute approximate surface area is 106 Å². The van der Waals surface area contributed by atoms with Gasteiger partial charge in [0.15, 0.2) is 0 Å². The van der Waals surface area contributed by atoms with Gasteiger partial charge in [0.05, 0.1) is 18.0 Å². The van der Waals surface area contributed by atoms with Crippen LogP contribution in [0, 0.1) is 6.92 Å². The third kappa shape index (κ3) is 4.44. The van der Waals surface area contributed by atoms with Crippen molar-refractivity contribution in [1.82, 2.24) is 10.0 Å². The van der Waals surface area contributed by atoms with Crippen molar-refractivity contribution in [3.8, 4) is 0 Å². The number of amides is 1. The second kappa shape index (κ2) is 6.48. The quantitative estimate of drug-likeness (QED) is 0.600. The van der Waals surface area contributed by atoms with Gasteiger partial charge in [0.2, 0.25) is 5.91 Å². The number of carbonyl (C=O) groups excluding carboxylic acids is 1. The first kappa shape index (κ1) is 14.6. The van der Waals surface area contributed by atoms with Crippen LogP contribution < -0.4 is 10.0 Å². The highest BCUT2D eigenvalue weighted by Crippen LogP contribution is 2.09. The predicted molar refractivity (Wildman–Crippen MR) is 66.5 cm³/mol. The lowest BCUT2D eigenvalue weighted by Gasteiger charge is -2.07. The van der Waals surface area contributed by atoms with Gasteiger partial charge in [-0.15, -0.1) is 0 Å². The zero-order chi connectivity index (χ0) is 13.6. The first-order valence-electron chi connectivity index (χ1n) is 5.39. The number of hydrogen-bond donors (Lipinski definition) is 3.